The first-order valence-electron chi connectivity index (χ1n) is 15.2. The van der Waals surface area contributed by atoms with Crippen LogP contribution in [0.3, 0.4) is 0 Å². The van der Waals surface area contributed by atoms with Gasteiger partial charge >= 0.3 is 5.97 Å². The zero-order chi connectivity index (χ0) is 26.7. The van der Waals surface area contributed by atoms with Crippen LogP contribution in [-0.4, -0.2) is 29.6 Å². The number of rotatable bonds is 10. The van der Waals surface area contributed by atoms with E-state index >= 15 is 0 Å². The minimum absolute atomic E-state index is 0.000532. The molecule has 1 N–H and O–H groups in total. The number of fused-ring (bicyclic) bond motifs is 4. The van der Waals surface area contributed by atoms with Crippen LogP contribution in [-0.2, 0) is 20.7 Å². The SMILES string of the molecule is CC(=O)O[C@H]1CC[C@H]2[C@@H]3CCC4=CC(=O)CCC4=C3[C@@H](c3ccc(CCCCCCCCO)cc3)C[C@]12C. The number of esters is 1. The number of aryl methyl sites for hydroxylation is 1. The second-order valence-electron chi connectivity index (χ2n) is 12.6. The third-order valence-corrected chi connectivity index (χ3v) is 10.2. The van der Waals surface area contributed by atoms with Gasteiger partial charge in [-0.3, -0.25) is 9.59 Å². The predicted octanol–water partition coefficient (Wildman–Crippen LogP) is 7.39. The van der Waals surface area contributed by atoms with E-state index in [1.54, 1.807) is 12.5 Å². The number of carbonyl (C=O) groups excluding carboxylic acids is 2. The van der Waals surface area contributed by atoms with Crippen LogP contribution in [0.5, 0.6) is 0 Å². The Bertz CT molecular complexity index is 1080. The Morgan fingerprint density at radius 2 is 1.71 bits per heavy atom. The minimum atomic E-state index is -0.157. The van der Waals surface area contributed by atoms with Crippen molar-refractivity contribution < 1.29 is 19.4 Å². The maximum Gasteiger partial charge on any atom is 0.302 e. The van der Waals surface area contributed by atoms with E-state index in [0.29, 0.717) is 30.8 Å². The molecule has 5 atom stereocenters. The molecule has 4 aliphatic carbocycles. The molecule has 1 aromatic rings. The van der Waals surface area contributed by atoms with E-state index in [-0.39, 0.29) is 23.3 Å². The van der Waals surface area contributed by atoms with E-state index in [2.05, 4.69) is 31.2 Å². The van der Waals surface area contributed by atoms with Crippen molar-refractivity contribution >= 4 is 11.8 Å². The summed E-state index contributed by atoms with van der Waals surface area (Å²) < 4.78 is 5.95. The van der Waals surface area contributed by atoms with Gasteiger partial charge in [-0.2, -0.15) is 0 Å². The van der Waals surface area contributed by atoms with Crippen molar-refractivity contribution in [1.29, 1.82) is 0 Å². The van der Waals surface area contributed by atoms with Crippen molar-refractivity contribution in [1.82, 2.24) is 0 Å². The third-order valence-electron chi connectivity index (χ3n) is 10.2. The number of unbranched alkanes of at least 4 members (excludes halogenated alkanes) is 5. The quantitative estimate of drug-likeness (QED) is 0.259. The number of allylic oxidation sites excluding steroid dienone is 4. The average Bonchev–Trinajstić information content (AvgIpc) is 3.22. The fraction of sp³-hybridized carbons (Fsp3) is 0.647. The molecule has 1 aromatic carbocycles. The van der Waals surface area contributed by atoms with Crippen LogP contribution >= 0.6 is 0 Å². The summed E-state index contributed by atoms with van der Waals surface area (Å²) in [5, 5.41) is 8.93. The number of aliphatic hydroxyl groups excluding tert-OH is 1. The molecule has 206 valence electrons. The van der Waals surface area contributed by atoms with Crippen LogP contribution in [0.15, 0.2) is 47.1 Å². The van der Waals surface area contributed by atoms with Crippen molar-refractivity contribution in [2.45, 2.75) is 116 Å². The number of ether oxygens (including phenoxy) is 1. The first kappa shape index (κ1) is 27.4. The third kappa shape index (κ3) is 5.57. The van der Waals surface area contributed by atoms with Gasteiger partial charge in [0.05, 0.1) is 0 Å². The number of hydrogen-bond donors (Lipinski definition) is 1. The van der Waals surface area contributed by atoms with Crippen LogP contribution in [0.4, 0.5) is 0 Å². The summed E-state index contributed by atoms with van der Waals surface area (Å²) in [4.78, 5) is 24.3. The van der Waals surface area contributed by atoms with E-state index in [0.717, 1.165) is 57.8 Å². The van der Waals surface area contributed by atoms with Gasteiger partial charge in [0, 0.05) is 31.3 Å². The highest BCUT2D eigenvalue weighted by Crippen LogP contribution is 2.64. The van der Waals surface area contributed by atoms with E-state index in [1.807, 2.05) is 6.08 Å². The molecule has 0 aliphatic heterocycles. The van der Waals surface area contributed by atoms with E-state index in [9.17, 15) is 9.59 Å². The normalized spacial score (nSPS) is 30.4. The number of carbonyl (C=O) groups is 2. The molecular formula is C34H46O4. The first-order chi connectivity index (χ1) is 18.4. The van der Waals surface area contributed by atoms with Crippen molar-refractivity contribution in [3.63, 3.8) is 0 Å². The molecule has 4 aliphatic rings. The number of aliphatic hydroxyl groups is 1. The molecule has 2 saturated carbocycles. The molecule has 2 fully saturated rings. The molecule has 4 heteroatoms. The van der Waals surface area contributed by atoms with Gasteiger partial charge in [-0.1, -0.05) is 62.4 Å². The highest BCUT2D eigenvalue weighted by atomic mass is 16.5. The molecule has 0 radical (unpaired) electrons. The minimum Gasteiger partial charge on any atom is -0.462 e. The molecule has 0 spiro atoms. The second-order valence-corrected chi connectivity index (χ2v) is 12.6. The van der Waals surface area contributed by atoms with E-state index in [1.165, 1.54) is 48.0 Å². The van der Waals surface area contributed by atoms with Gasteiger partial charge in [0.1, 0.15) is 6.10 Å². The number of hydrogen-bond acceptors (Lipinski definition) is 4. The zero-order valence-corrected chi connectivity index (χ0v) is 23.5. The van der Waals surface area contributed by atoms with Crippen molar-refractivity contribution in [3.8, 4) is 0 Å². The summed E-state index contributed by atoms with van der Waals surface area (Å²) in [5.74, 6) is 1.51. The molecular weight excluding hydrogens is 472 g/mol. The topological polar surface area (TPSA) is 63.6 Å². The Labute approximate surface area is 228 Å². The fourth-order valence-electron chi connectivity index (χ4n) is 8.37. The van der Waals surface area contributed by atoms with Crippen LogP contribution in [0, 0.1) is 17.3 Å². The lowest BCUT2D eigenvalue weighted by Crippen LogP contribution is -2.46. The Hall–Kier alpha value is -2.20. The zero-order valence-electron chi connectivity index (χ0n) is 23.5. The van der Waals surface area contributed by atoms with Crippen LogP contribution < -0.4 is 0 Å². The monoisotopic (exact) mass is 518 g/mol. The summed E-state index contributed by atoms with van der Waals surface area (Å²) >= 11 is 0. The summed E-state index contributed by atoms with van der Waals surface area (Å²) in [6.45, 7) is 4.25. The maximum absolute atomic E-state index is 12.3. The highest BCUT2D eigenvalue weighted by Gasteiger charge is 2.57. The van der Waals surface area contributed by atoms with Gasteiger partial charge in [0.2, 0.25) is 0 Å². The lowest BCUT2D eigenvalue weighted by atomic mass is 9.53. The van der Waals surface area contributed by atoms with Gasteiger partial charge < -0.3 is 9.84 Å². The maximum atomic E-state index is 12.3. The van der Waals surface area contributed by atoms with E-state index in [4.69, 9.17) is 9.84 Å². The number of ketones is 1. The standard InChI is InChI=1S/C34H46O4/c1-23(36)38-32-19-18-31-29-16-14-26-21-27(37)15-17-28(26)33(29)30(22-34(31,32)2)25-12-10-24(11-13-25)9-7-5-3-4-6-8-20-35/h10-13,21,29-32,35H,3-9,14-20,22H2,1-2H3/t29-,30+,31-,32-,34-/m0/s1. The molecule has 5 rings (SSSR count). The first-order valence-corrected chi connectivity index (χ1v) is 15.2. The Morgan fingerprint density at radius 3 is 2.45 bits per heavy atom. The Morgan fingerprint density at radius 1 is 0.974 bits per heavy atom. The summed E-state index contributed by atoms with van der Waals surface area (Å²) in [6.07, 6.45) is 16.8. The molecule has 0 amide bonds. The van der Waals surface area contributed by atoms with Crippen LogP contribution in [0.1, 0.15) is 114 Å². The summed E-state index contributed by atoms with van der Waals surface area (Å²) in [5.41, 5.74) is 7.17. The smallest absolute Gasteiger partial charge is 0.302 e. The highest BCUT2D eigenvalue weighted by molar-refractivity contribution is 5.93. The molecule has 0 unspecified atom stereocenters. The number of benzene rings is 1. The Balaban J connectivity index is 1.38. The second kappa shape index (κ2) is 11.9. The molecule has 38 heavy (non-hydrogen) atoms. The van der Waals surface area contributed by atoms with Gasteiger partial charge in [-0.05, 0) is 98.0 Å². The summed E-state index contributed by atoms with van der Waals surface area (Å²) in [6, 6.07) is 9.38. The van der Waals surface area contributed by atoms with Crippen molar-refractivity contribution in [2.24, 2.45) is 17.3 Å². The van der Waals surface area contributed by atoms with Gasteiger partial charge in [0.15, 0.2) is 5.78 Å². The van der Waals surface area contributed by atoms with Gasteiger partial charge in [-0.15, -0.1) is 0 Å². The average molecular weight is 519 g/mol. The van der Waals surface area contributed by atoms with Crippen LogP contribution in [0.25, 0.3) is 0 Å². The predicted molar refractivity (Wildman–Crippen MR) is 151 cm³/mol. The fourth-order valence-corrected chi connectivity index (χ4v) is 8.37. The largest absolute Gasteiger partial charge is 0.462 e. The van der Waals surface area contributed by atoms with Gasteiger partial charge in [-0.25, -0.2) is 0 Å². The Kier molecular flexibility index (Phi) is 8.57. The molecule has 4 nitrogen and oxygen atoms in total. The van der Waals surface area contributed by atoms with Crippen molar-refractivity contribution in [2.75, 3.05) is 6.61 Å². The molecule has 0 bridgehead atoms. The molecule has 0 heterocycles. The van der Waals surface area contributed by atoms with Crippen LogP contribution in [0.2, 0.25) is 0 Å². The summed E-state index contributed by atoms with van der Waals surface area (Å²) in [7, 11) is 0. The van der Waals surface area contributed by atoms with E-state index < -0.39 is 0 Å². The molecule has 0 saturated heterocycles. The molecule has 0 aromatic heterocycles. The van der Waals surface area contributed by atoms with Crippen molar-refractivity contribution in [3.05, 3.63) is 58.2 Å². The lowest BCUT2D eigenvalue weighted by molar-refractivity contribution is -0.154. The van der Waals surface area contributed by atoms with Gasteiger partial charge in [0.25, 0.3) is 0 Å². The lowest BCUT2D eigenvalue weighted by Gasteiger charge is -2.52.